The van der Waals surface area contributed by atoms with Gasteiger partial charge >= 0.3 is 0 Å². The van der Waals surface area contributed by atoms with Gasteiger partial charge in [0.1, 0.15) is 5.82 Å². The lowest BCUT2D eigenvalue weighted by Gasteiger charge is -2.28. The average molecular weight is 300 g/mol. The van der Waals surface area contributed by atoms with Crippen molar-refractivity contribution in [2.24, 2.45) is 11.3 Å². The Kier molecular flexibility index (Phi) is 5.23. The summed E-state index contributed by atoms with van der Waals surface area (Å²) in [5.41, 5.74) is 0.302. The van der Waals surface area contributed by atoms with Gasteiger partial charge in [0.25, 0.3) is 0 Å². The summed E-state index contributed by atoms with van der Waals surface area (Å²) in [6.07, 6.45) is 4.91. The highest BCUT2D eigenvalue weighted by molar-refractivity contribution is 7.99. The first kappa shape index (κ1) is 15.2. The van der Waals surface area contributed by atoms with Crippen molar-refractivity contribution in [1.29, 1.82) is 0 Å². The molecular formula is C14H25N3S2. The zero-order chi connectivity index (χ0) is 13.9. The van der Waals surface area contributed by atoms with E-state index in [0.29, 0.717) is 11.3 Å². The topological polar surface area (TPSA) is 30.7 Å². The summed E-state index contributed by atoms with van der Waals surface area (Å²) in [6.45, 7) is 7.96. The molecule has 2 rings (SSSR count). The Balaban J connectivity index is 2.02. The molecule has 1 unspecified atom stereocenters. The van der Waals surface area contributed by atoms with Crippen LogP contribution < -0.4 is 0 Å². The Hall–Kier alpha value is -0.160. The molecule has 1 atom stereocenters. The van der Waals surface area contributed by atoms with Crippen LogP contribution in [0.3, 0.4) is 0 Å². The van der Waals surface area contributed by atoms with Crippen LogP contribution in [0.2, 0.25) is 0 Å². The summed E-state index contributed by atoms with van der Waals surface area (Å²) >= 11 is 6.35. The SMILES string of the molecule is CC(C)(C)C(CS)CSc1nnc2n1CCCCC2. The van der Waals surface area contributed by atoms with Crippen LogP contribution in [0.5, 0.6) is 0 Å². The number of hydrogen-bond acceptors (Lipinski definition) is 4. The van der Waals surface area contributed by atoms with Gasteiger partial charge in [-0.3, -0.25) is 0 Å². The number of rotatable bonds is 4. The van der Waals surface area contributed by atoms with Crippen LogP contribution in [0.15, 0.2) is 5.16 Å². The van der Waals surface area contributed by atoms with Crippen molar-refractivity contribution in [2.45, 2.75) is 58.2 Å². The number of nitrogens with zero attached hydrogens (tertiary/aromatic N) is 3. The predicted molar refractivity (Wildman–Crippen MR) is 85.1 cm³/mol. The number of aromatic nitrogens is 3. The third-order valence-corrected chi connectivity index (χ3v) is 5.50. The Morgan fingerprint density at radius 1 is 1.26 bits per heavy atom. The Morgan fingerprint density at radius 2 is 2.05 bits per heavy atom. The average Bonchev–Trinajstić information content (AvgIpc) is 2.58. The van der Waals surface area contributed by atoms with Crippen LogP contribution in [0.4, 0.5) is 0 Å². The van der Waals surface area contributed by atoms with Crippen molar-refractivity contribution in [2.75, 3.05) is 11.5 Å². The molecule has 1 aliphatic heterocycles. The first-order chi connectivity index (χ1) is 9.02. The quantitative estimate of drug-likeness (QED) is 0.679. The van der Waals surface area contributed by atoms with Gasteiger partial charge in [0.2, 0.25) is 0 Å². The minimum absolute atomic E-state index is 0.302. The molecule has 19 heavy (non-hydrogen) atoms. The van der Waals surface area contributed by atoms with Gasteiger partial charge in [-0.05, 0) is 29.9 Å². The van der Waals surface area contributed by atoms with Crippen LogP contribution in [0.1, 0.15) is 45.9 Å². The predicted octanol–water partition coefficient (Wildman–Crippen LogP) is 3.69. The maximum absolute atomic E-state index is 4.50. The lowest BCUT2D eigenvalue weighted by molar-refractivity contribution is 0.294. The number of aryl methyl sites for hydroxylation is 1. The highest BCUT2D eigenvalue weighted by atomic mass is 32.2. The van der Waals surface area contributed by atoms with E-state index in [4.69, 9.17) is 0 Å². The molecule has 0 N–H and O–H groups in total. The fourth-order valence-electron chi connectivity index (χ4n) is 2.32. The molecule has 0 aliphatic carbocycles. The summed E-state index contributed by atoms with van der Waals surface area (Å²) in [6, 6.07) is 0. The second kappa shape index (κ2) is 6.53. The van der Waals surface area contributed by atoms with Gasteiger partial charge in [-0.2, -0.15) is 12.6 Å². The fraction of sp³-hybridized carbons (Fsp3) is 0.857. The van der Waals surface area contributed by atoms with E-state index in [1.807, 2.05) is 11.8 Å². The molecule has 5 heteroatoms. The van der Waals surface area contributed by atoms with Gasteiger partial charge < -0.3 is 4.57 Å². The van der Waals surface area contributed by atoms with Crippen LogP contribution in [-0.4, -0.2) is 26.3 Å². The Morgan fingerprint density at radius 3 is 2.74 bits per heavy atom. The van der Waals surface area contributed by atoms with E-state index >= 15 is 0 Å². The second-order valence-corrected chi connectivity index (χ2v) is 7.77. The number of thiol groups is 1. The molecule has 2 heterocycles. The zero-order valence-corrected chi connectivity index (χ0v) is 13.9. The number of fused-ring (bicyclic) bond motifs is 1. The lowest BCUT2D eigenvalue weighted by Crippen LogP contribution is -2.24. The minimum Gasteiger partial charge on any atom is -0.306 e. The summed E-state index contributed by atoms with van der Waals surface area (Å²) in [5, 5.41) is 9.84. The monoisotopic (exact) mass is 299 g/mol. The summed E-state index contributed by atoms with van der Waals surface area (Å²) in [5.74, 6) is 3.78. The van der Waals surface area contributed by atoms with Gasteiger partial charge in [0, 0.05) is 18.7 Å². The molecule has 0 fully saturated rings. The molecule has 0 saturated heterocycles. The molecule has 1 aromatic heterocycles. The fourth-order valence-corrected chi connectivity index (χ4v) is 4.59. The van der Waals surface area contributed by atoms with Crippen molar-refractivity contribution < 1.29 is 0 Å². The normalized spacial score (nSPS) is 17.9. The first-order valence-corrected chi connectivity index (χ1v) is 8.80. The molecular weight excluding hydrogens is 274 g/mol. The third kappa shape index (κ3) is 3.91. The summed E-state index contributed by atoms with van der Waals surface area (Å²) in [4.78, 5) is 0. The van der Waals surface area contributed by atoms with E-state index < -0.39 is 0 Å². The lowest BCUT2D eigenvalue weighted by atomic mass is 9.83. The Bertz CT molecular complexity index is 409. The van der Waals surface area contributed by atoms with E-state index in [-0.39, 0.29) is 0 Å². The highest BCUT2D eigenvalue weighted by Crippen LogP contribution is 2.32. The van der Waals surface area contributed by atoms with Crippen LogP contribution in [-0.2, 0) is 13.0 Å². The molecule has 1 aliphatic rings. The van der Waals surface area contributed by atoms with Crippen LogP contribution in [0, 0.1) is 11.3 Å². The largest absolute Gasteiger partial charge is 0.306 e. The zero-order valence-electron chi connectivity index (χ0n) is 12.2. The maximum atomic E-state index is 4.50. The van der Waals surface area contributed by atoms with Crippen molar-refractivity contribution in [3.63, 3.8) is 0 Å². The highest BCUT2D eigenvalue weighted by Gasteiger charge is 2.24. The van der Waals surface area contributed by atoms with E-state index in [1.54, 1.807) is 0 Å². The van der Waals surface area contributed by atoms with Gasteiger partial charge in [-0.15, -0.1) is 10.2 Å². The number of thioether (sulfide) groups is 1. The molecule has 0 amide bonds. The molecule has 0 aromatic carbocycles. The van der Waals surface area contributed by atoms with E-state index in [1.165, 1.54) is 25.1 Å². The number of hydrogen-bond donors (Lipinski definition) is 1. The second-order valence-electron chi connectivity index (χ2n) is 6.42. The van der Waals surface area contributed by atoms with Crippen molar-refractivity contribution in [3.05, 3.63) is 5.82 Å². The first-order valence-electron chi connectivity index (χ1n) is 7.18. The van der Waals surface area contributed by atoms with Crippen LogP contribution >= 0.6 is 24.4 Å². The van der Waals surface area contributed by atoms with Crippen molar-refractivity contribution >= 4 is 24.4 Å². The standard InChI is InChI=1S/C14H25N3S2/c1-14(2,3)11(9-18)10-19-13-16-15-12-7-5-4-6-8-17(12)13/h11,18H,4-10H2,1-3H3. The van der Waals surface area contributed by atoms with E-state index in [2.05, 4.69) is 48.2 Å². The molecule has 0 bridgehead atoms. The molecule has 3 nitrogen and oxygen atoms in total. The van der Waals surface area contributed by atoms with Gasteiger partial charge in [-0.25, -0.2) is 0 Å². The molecule has 1 aromatic rings. The van der Waals surface area contributed by atoms with Gasteiger partial charge in [0.05, 0.1) is 0 Å². The summed E-state index contributed by atoms with van der Waals surface area (Å²) < 4.78 is 2.33. The van der Waals surface area contributed by atoms with Gasteiger partial charge in [0.15, 0.2) is 5.16 Å². The minimum atomic E-state index is 0.302. The van der Waals surface area contributed by atoms with Crippen molar-refractivity contribution in [1.82, 2.24) is 14.8 Å². The van der Waals surface area contributed by atoms with Crippen LogP contribution in [0.25, 0.3) is 0 Å². The van der Waals surface area contributed by atoms with E-state index in [0.717, 1.165) is 29.6 Å². The third-order valence-electron chi connectivity index (χ3n) is 3.93. The molecule has 0 spiro atoms. The van der Waals surface area contributed by atoms with E-state index in [9.17, 15) is 0 Å². The Labute approximate surface area is 126 Å². The maximum Gasteiger partial charge on any atom is 0.191 e. The smallest absolute Gasteiger partial charge is 0.191 e. The molecule has 0 saturated carbocycles. The van der Waals surface area contributed by atoms with Gasteiger partial charge in [-0.1, -0.05) is 39.0 Å². The van der Waals surface area contributed by atoms with Crippen molar-refractivity contribution in [3.8, 4) is 0 Å². The molecule has 0 radical (unpaired) electrons. The summed E-state index contributed by atoms with van der Waals surface area (Å²) in [7, 11) is 0. The molecule has 108 valence electrons.